The molecule has 6 nitrogen and oxygen atoms in total. The Morgan fingerprint density at radius 1 is 1.30 bits per heavy atom. The Morgan fingerprint density at radius 2 is 1.96 bits per heavy atom. The number of nitrogens with one attached hydrogen (secondary N) is 1. The zero-order chi connectivity index (χ0) is 19.8. The zero-order valence-electron chi connectivity index (χ0n) is 14.7. The minimum Gasteiger partial charge on any atom is -0.360 e. The van der Waals surface area contributed by atoms with Crippen LogP contribution in [0, 0.1) is 12.8 Å². The topological polar surface area (TPSA) is 75.4 Å². The van der Waals surface area contributed by atoms with Crippen molar-refractivity contribution < 1.29 is 27.3 Å². The van der Waals surface area contributed by atoms with E-state index in [4.69, 9.17) is 4.52 Å². The maximum atomic E-state index is 12.6. The SMILES string of the molecule is Cc1cc(NC(=O)CN(C)C(=O)C2CC2c2ccc(C(F)(F)F)cc2)no1. The fourth-order valence-electron chi connectivity index (χ4n) is 2.94. The van der Waals surface area contributed by atoms with Crippen LogP contribution in [0.15, 0.2) is 34.9 Å². The molecule has 3 rings (SSSR count). The number of halogens is 3. The molecule has 9 heteroatoms. The standard InChI is InChI=1S/C18H18F3N3O3/c1-10-7-15(23-27-10)22-16(25)9-24(2)17(26)14-8-13(14)11-3-5-12(6-4-11)18(19,20)21/h3-7,13-14H,8-9H2,1-2H3,(H,22,23,25). The molecule has 2 amide bonds. The van der Waals surface area contributed by atoms with Crippen molar-refractivity contribution in [1.29, 1.82) is 0 Å². The van der Waals surface area contributed by atoms with Crippen molar-refractivity contribution >= 4 is 17.6 Å². The van der Waals surface area contributed by atoms with Crippen molar-refractivity contribution in [3.63, 3.8) is 0 Å². The van der Waals surface area contributed by atoms with Crippen molar-refractivity contribution in [3.8, 4) is 0 Å². The van der Waals surface area contributed by atoms with E-state index in [1.807, 2.05) is 0 Å². The number of anilines is 1. The average molecular weight is 381 g/mol. The number of amides is 2. The number of alkyl halides is 3. The summed E-state index contributed by atoms with van der Waals surface area (Å²) in [5.74, 6) is -0.255. The fraction of sp³-hybridized carbons (Fsp3) is 0.389. The maximum absolute atomic E-state index is 12.6. The van der Waals surface area contributed by atoms with Crippen LogP contribution < -0.4 is 5.32 Å². The molecule has 2 atom stereocenters. The molecule has 144 valence electrons. The first-order chi connectivity index (χ1) is 12.6. The number of carbonyl (C=O) groups is 2. The molecule has 2 unspecified atom stereocenters. The minimum atomic E-state index is -4.38. The summed E-state index contributed by atoms with van der Waals surface area (Å²) in [6, 6.07) is 6.40. The van der Waals surface area contributed by atoms with Gasteiger partial charge in [0.25, 0.3) is 0 Å². The van der Waals surface area contributed by atoms with E-state index < -0.39 is 17.6 Å². The van der Waals surface area contributed by atoms with Gasteiger partial charge >= 0.3 is 6.18 Å². The quantitative estimate of drug-likeness (QED) is 0.863. The van der Waals surface area contributed by atoms with Gasteiger partial charge in [0.1, 0.15) is 5.76 Å². The summed E-state index contributed by atoms with van der Waals surface area (Å²) in [5.41, 5.74) is -0.0241. The van der Waals surface area contributed by atoms with E-state index in [1.165, 1.54) is 24.1 Å². The van der Waals surface area contributed by atoms with Crippen LogP contribution in [0.2, 0.25) is 0 Å². The highest BCUT2D eigenvalue weighted by atomic mass is 19.4. The van der Waals surface area contributed by atoms with Crippen LogP contribution in [0.1, 0.15) is 29.2 Å². The summed E-state index contributed by atoms with van der Waals surface area (Å²) >= 11 is 0. The molecule has 0 spiro atoms. The van der Waals surface area contributed by atoms with Crippen LogP contribution in [0.3, 0.4) is 0 Å². The van der Waals surface area contributed by atoms with Gasteiger partial charge in [0.05, 0.1) is 12.1 Å². The summed E-state index contributed by atoms with van der Waals surface area (Å²) in [5, 5.41) is 6.17. The predicted molar refractivity (Wildman–Crippen MR) is 89.8 cm³/mol. The molecular weight excluding hydrogens is 363 g/mol. The van der Waals surface area contributed by atoms with Crippen LogP contribution in [-0.2, 0) is 15.8 Å². The summed E-state index contributed by atoms with van der Waals surface area (Å²) in [6.45, 7) is 1.54. The van der Waals surface area contributed by atoms with Gasteiger partial charge in [-0.3, -0.25) is 9.59 Å². The number of likely N-dealkylation sites (N-methyl/N-ethyl adjacent to an activating group) is 1. The lowest BCUT2D eigenvalue weighted by molar-refractivity contribution is -0.137. The average Bonchev–Trinajstić information content (AvgIpc) is 3.29. The van der Waals surface area contributed by atoms with Gasteiger partial charge in [-0.25, -0.2) is 0 Å². The third kappa shape index (κ3) is 4.47. The second-order valence-electron chi connectivity index (χ2n) is 6.63. The number of hydrogen-bond donors (Lipinski definition) is 1. The predicted octanol–water partition coefficient (Wildman–Crippen LogP) is 3.20. The van der Waals surface area contributed by atoms with Crippen LogP contribution in [0.25, 0.3) is 0 Å². The van der Waals surface area contributed by atoms with Gasteiger partial charge in [-0.15, -0.1) is 0 Å². The van der Waals surface area contributed by atoms with Crippen molar-refractivity contribution in [3.05, 3.63) is 47.2 Å². The third-order valence-electron chi connectivity index (χ3n) is 4.43. The maximum Gasteiger partial charge on any atom is 0.416 e. The van der Waals surface area contributed by atoms with E-state index in [0.717, 1.165) is 12.1 Å². The van der Waals surface area contributed by atoms with E-state index in [1.54, 1.807) is 13.0 Å². The number of hydrogen-bond acceptors (Lipinski definition) is 4. The first kappa shape index (κ1) is 18.9. The Morgan fingerprint density at radius 3 is 2.52 bits per heavy atom. The lowest BCUT2D eigenvalue weighted by Gasteiger charge is -2.16. The third-order valence-corrected chi connectivity index (χ3v) is 4.43. The largest absolute Gasteiger partial charge is 0.416 e. The van der Waals surface area contributed by atoms with E-state index in [2.05, 4.69) is 10.5 Å². The van der Waals surface area contributed by atoms with Crippen LogP contribution >= 0.6 is 0 Å². The molecule has 1 aromatic carbocycles. The summed E-state index contributed by atoms with van der Waals surface area (Å²) in [7, 11) is 1.51. The molecule has 1 aliphatic rings. The first-order valence-corrected chi connectivity index (χ1v) is 8.30. The van der Waals surface area contributed by atoms with Gasteiger partial charge in [0.2, 0.25) is 11.8 Å². The molecule has 27 heavy (non-hydrogen) atoms. The Bertz CT molecular complexity index is 846. The molecule has 1 fully saturated rings. The number of carbonyl (C=O) groups excluding carboxylic acids is 2. The van der Waals surface area contributed by atoms with E-state index in [-0.39, 0.29) is 30.1 Å². The zero-order valence-corrected chi connectivity index (χ0v) is 14.7. The Kier molecular flexibility index (Phi) is 4.95. The fourth-order valence-corrected chi connectivity index (χ4v) is 2.94. The molecule has 1 N–H and O–H groups in total. The van der Waals surface area contributed by atoms with Crippen LogP contribution in [0.5, 0.6) is 0 Å². The first-order valence-electron chi connectivity index (χ1n) is 8.30. The van der Waals surface area contributed by atoms with Crippen LogP contribution in [0.4, 0.5) is 19.0 Å². The Labute approximate surface area is 153 Å². The highest BCUT2D eigenvalue weighted by molar-refractivity contribution is 5.94. The van der Waals surface area contributed by atoms with Crippen molar-refractivity contribution in [2.24, 2.45) is 5.92 Å². The number of rotatable bonds is 5. The molecule has 2 aromatic rings. The smallest absolute Gasteiger partial charge is 0.360 e. The molecule has 0 saturated heterocycles. The second kappa shape index (κ2) is 7.05. The molecule has 1 aromatic heterocycles. The second-order valence-corrected chi connectivity index (χ2v) is 6.63. The highest BCUT2D eigenvalue weighted by Crippen LogP contribution is 2.48. The lowest BCUT2D eigenvalue weighted by atomic mass is 10.1. The van der Waals surface area contributed by atoms with Crippen molar-refractivity contribution in [2.45, 2.75) is 25.4 Å². The Balaban J connectivity index is 1.53. The van der Waals surface area contributed by atoms with Crippen molar-refractivity contribution in [1.82, 2.24) is 10.1 Å². The molecule has 1 saturated carbocycles. The normalized spacial score (nSPS) is 18.9. The summed E-state index contributed by atoms with van der Waals surface area (Å²) in [6.07, 6.45) is -3.83. The molecule has 0 radical (unpaired) electrons. The highest BCUT2D eigenvalue weighted by Gasteiger charge is 2.45. The Hall–Kier alpha value is -2.84. The summed E-state index contributed by atoms with van der Waals surface area (Å²) in [4.78, 5) is 25.7. The number of aromatic nitrogens is 1. The monoisotopic (exact) mass is 381 g/mol. The molecule has 1 aliphatic carbocycles. The van der Waals surface area contributed by atoms with Gasteiger partial charge < -0.3 is 14.7 Å². The van der Waals surface area contributed by atoms with Gasteiger partial charge in [-0.05, 0) is 37.0 Å². The molecular formula is C18H18F3N3O3. The van der Waals surface area contributed by atoms with E-state index in [9.17, 15) is 22.8 Å². The van der Waals surface area contributed by atoms with Gasteiger partial charge in [0, 0.05) is 19.0 Å². The van der Waals surface area contributed by atoms with E-state index >= 15 is 0 Å². The van der Waals surface area contributed by atoms with Crippen LogP contribution in [-0.4, -0.2) is 35.5 Å². The summed E-state index contributed by atoms with van der Waals surface area (Å²) < 4.78 is 42.7. The van der Waals surface area contributed by atoms with E-state index in [0.29, 0.717) is 17.7 Å². The number of benzene rings is 1. The van der Waals surface area contributed by atoms with Gasteiger partial charge in [-0.2, -0.15) is 13.2 Å². The molecule has 0 bridgehead atoms. The van der Waals surface area contributed by atoms with Gasteiger partial charge in [-0.1, -0.05) is 17.3 Å². The minimum absolute atomic E-state index is 0.122. The molecule has 1 heterocycles. The molecule has 0 aliphatic heterocycles. The number of nitrogens with zero attached hydrogens (tertiary/aromatic N) is 2. The lowest BCUT2D eigenvalue weighted by Crippen LogP contribution is -2.36. The van der Waals surface area contributed by atoms with Gasteiger partial charge in [0.15, 0.2) is 5.82 Å². The number of aryl methyl sites for hydroxylation is 1. The van der Waals surface area contributed by atoms with Crippen molar-refractivity contribution in [2.75, 3.05) is 18.9 Å².